The standard InChI is InChI=1S/C9H15NO3/c1-5(11)13-9-4-7-8(12)3-2-6(9)10-7/h6-10,12H,2-4H2,1H3. The van der Waals surface area contributed by atoms with E-state index in [2.05, 4.69) is 5.32 Å². The largest absolute Gasteiger partial charge is 0.461 e. The van der Waals surface area contributed by atoms with E-state index < -0.39 is 0 Å². The number of carbonyl (C=O) groups is 1. The molecule has 0 aromatic carbocycles. The molecule has 74 valence electrons. The SMILES string of the molecule is CC(=O)OC1CC2NC1CCC2O. The average Bonchev–Trinajstić information content (AvgIpc) is 2.37. The Bertz CT molecular complexity index is 219. The minimum atomic E-state index is -0.267. The predicted molar refractivity (Wildman–Crippen MR) is 46.1 cm³/mol. The molecule has 0 saturated carbocycles. The zero-order chi connectivity index (χ0) is 9.42. The number of aliphatic hydroxyl groups is 1. The topological polar surface area (TPSA) is 58.6 Å². The van der Waals surface area contributed by atoms with Crippen molar-refractivity contribution in [2.45, 2.75) is 50.5 Å². The van der Waals surface area contributed by atoms with Gasteiger partial charge >= 0.3 is 5.97 Å². The highest BCUT2D eigenvalue weighted by Gasteiger charge is 2.42. The van der Waals surface area contributed by atoms with Gasteiger partial charge in [-0.2, -0.15) is 0 Å². The van der Waals surface area contributed by atoms with E-state index in [4.69, 9.17) is 4.74 Å². The Kier molecular flexibility index (Phi) is 2.26. The number of rotatable bonds is 1. The van der Waals surface area contributed by atoms with E-state index in [1.807, 2.05) is 0 Å². The Hall–Kier alpha value is -0.610. The zero-order valence-corrected chi connectivity index (χ0v) is 7.69. The maximum absolute atomic E-state index is 10.8. The lowest BCUT2D eigenvalue weighted by atomic mass is 10.0. The Morgan fingerprint density at radius 1 is 1.46 bits per heavy atom. The number of aliphatic hydroxyl groups excluding tert-OH is 1. The van der Waals surface area contributed by atoms with E-state index in [1.165, 1.54) is 6.92 Å². The third kappa shape index (κ3) is 1.69. The molecule has 2 aliphatic rings. The van der Waals surface area contributed by atoms with Crippen molar-refractivity contribution in [3.8, 4) is 0 Å². The Balaban J connectivity index is 1.98. The molecule has 2 saturated heterocycles. The van der Waals surface area contributed by atoms with E-state index in [0.29, 0.717) is 0 Å². The third-order valence-corrected chi connectivity index (χ3v) is 2.92. The molecule has 4 unspecified atom stereocenters. The minimum Gasteiger partial charge on any atom is -0.461 e. The van der Waals surface area contributed by atoms with E-state index >= 15 is 0 Å². The molecule has 2 N–H and O–H groups in total. The summed E-state index contributed by atoms with van der Waals surface area (Å²) in [6.07, 6.45) is 2.18. The number of fused-ring (bicyclic) bond motifs is 2. The second-order valence-corrected chi connectivity index (χ2v) is 3.91. The third-order valence-electron chi connectivity index (χ3n) is 2.92. The van der Waals surface area contributed by atoms with Gasteiger partial charge in [-0.05, 0) is 12.8 Å². The van der Waals surface area contributed by atoms with Crippen LogP contribution in [0, 0.1) is 0 Å². The predicted octanol–water partition coefficient (Wildman–Crippen LogP) is -0.197. The van der Waals surface area contributed by atoms with Crippen LogP contribution in [0.1, 0.15) is 26.2 Å². The van der Waals surface area contributed by atoms with Crippen molar-refractivity contribution < 1.29 is 14.6 Å². The molecule has 0 aromatic heterocycles. The van der Waals surface area contributed by atoms with Crippen LogP contribution >= 0.6 is 0 Å². The molecule has 0 spiro atoms. The van der Waals surface area contributed by atoms with Crippen molar-refractivity contribution in [2.75, 3.05) is 0 Å². The van der Waals surface area contributed by atoms with Gasteiger partial charge in [-0.25, -0.2) is 0 Å². The summed E-state index contributed by atoms with van der Waals surface area (Å²) in [6, 6.07) is 0.389. The van der Waals surface area contributed by atoms with Crippen molar-refractivity contribution >= 4 is 5.97 Å². The van der Waals surface area contributed by atoms with Gasteiger partial charge in [0.05, 0.1) is 6.10 Å². The quantitative estimate of drug-likeness (QED) is 0.556. The van der Waals surface area contributed by atoms with Gasteiger partial charge in [-0.1, -0.05) is 0 Å². The van der Waals surface area contributed by atoms with Crippen LogP contribution < -0.4 is 5.32 Å². The molecule has 0 amide bonds. The molecule has 2 rings (SSSR count). The zero-order valence-electron chi connectivity index (χ0n) is 7.69. The van der Waals surface area contributed by atoms with Crippen molar-refractivity contribution in [1.82, 2.24) is 5.32 Å². The van der Waals surface area contributed by atoms with Gasteiger partial charge in [0.25, 0.3) is 0 Å². The highest BCUT2D eigenvalue weighted by atomic mass is 16.5. The molecule has 4 heteroatoms. The van der Waals surface area contributed by atoms with Crippen LogP contribution in [-0.2, 0) is 9.53 Å². The molecule has 4 atom stereocenters. The molecule has 0 aromatic rings. The Labute approximate surface area is 77.3 Å². The summed E-state index contributed by atoms with van der Waals surface area (Å²) >= 11 is 0. The van der Waals surface area contributed by atoms with Gasteiger partial charge in [0.2, 0.25) is 0 Å². The van der Waals surface area contributed by atoms with Gasteiger partial charge in [0, 0.05) is 25.4 Å². The summed E-state index contributed by atoms with van der Waals surface area (Å²) in [5.41, 5.74) is 0. The lowest BCUT2D eigenvalue weighted by molar-refractivity contribution is -0.146. The number of nitrogens with one attached hydrogen (secondary N) is 1. The number of ether oxygens (including phenoxy) is 1. The maximum Gasteiger partial charge on any atom is 0.302 e. The highest BCUT2D eigenvalue weighted by Crippen LogP contribution is 2.29. The average molecular weight is 185 g/mol. The van der Waals surface area contributed by atoms with E-state index in [1.54, 1.807) is 0 Å². The second-order valence-electron chi connectivity index (χ2n) is 3.91. The summed E-state index contributed by atoms with van der Waals surface area (Å²) in [4.78, 5) is 10.8. The van der Waals surface area contributed by atoms with Crippen LogP contribution in [-0.4, -0.2) is 35.4 Å². The van der Waals surface area contributed by atoms with Gasteiger partial charge in [0.1, 0.15) is 6.10 Å². The molecular weight excluding hydrogens is 170 g/mol. The van der Waals surface area contributed by atoms with Crippen molar-refractivity contribution in [2.24, 2.45) is 0 Å². The lowest BCUT2D eigenvalue weighted by Gasteiger charge is -2.26. The second kappa shape index (κ2) is 3.27. The van der Waals surface area contributed by atoms with E-state index in [-0.39, 0.29) is 30.3 Å². The normalized spacial score (nSPS) is 43.2. The molecule has 13 heavy (non-hydrogen) atoms. The van der Waals surface area contributed by atoms with Crippen LogP contribution in [0.2, 0.25) is 0 Å². The van der Waals surface area contributed by atoms with E-state index in [0.717, 1.165) is 19.3 Å². The summed E-state index contributed by atoms with van der Waals surface area (Å²) in [5.74, 6) is -0.228. The molecule has 0 aliphatic carbocycles. The maximum atomic E-state index is 10.8. The fourth-order valence-electron chi connectivity index (χ4n) is 2.30. The van der Waals surface area contributed by atoms with Crippen molar-refractivity contribution in [3.63, 3.8) is 0 Å². The first-order valence-electron chi connectivity index (χ1n) is 4.78. The first kappa shape index (κ1) is 8.97. The van der Waals surface area contributed by atoms with Crippen LogP contribution in [0.15, 0.2) is 0 Å². The molecule has 0 radical (unpaired) electrons. The number of hydrogen-bond acceptors (Lipinski definition) is 4. The van der Waals surface area contributed by atoms with E-state index in [9.17, 15) is 9.90 Å². The summed E-state index contributed by atoms with van der Waals surface area (Å²) in [7, 11) is 0. The lowest BCUT2D eigenvalue weighted by Crippen LogP contribution is -2.44. The minimum absolute atomic E-state index is 0.0281. The smallest absolute Gasteiger partial charge is 0.302 e. The Morgan fingerprint density at radius 3 is 2.85 bits per heavy atom. The molecule has 2 aliphatic heterocycles. The van der Waals surface area contributed by atoms with Gasteiger partial charge in [-0.15, -0.1) is 0 Å². The fraction of sp³-hybridized carbons (Fsp3) is 0.889. The summed E-state index contributed by atoms with van der Waals surface area (Å²) in [5, 5.41) is 12.8. The summed E-state index contributed by atoms with van der Waals surface area (Å²) < 4.78 is 5.16. The van der Waals surface area contributed by atoms with Gasteiger partial charge < -0.3 is 15.2 Å². The van der Waals surface area contributed by atoms with Gasteiger partial charge in [0.15, 0.2) is 0 Å². The molecular formula is C9H15NO3. The number of esters is 1. The molecule has 2 fully saturated rings. The van der Waals surface area contributed by atoms with Crippen LogP contribution in [0.5, 0.6) is 0 Å². The number of piperidine rings is 1. The number of carbonyl (C=O) groups excluding carboxylic acids is 1. The summed E-state index contributed by atoms with van der Waals surface area (Å²) in [6.45, 7) is 1.43. The first-order chi connectivity index (χ1) is 6.16. The fourth-order valence-corrected chi connectivity index (χ4v) is 2.30. The van der Waals surface area contributed by atoms with Crippen LogP contribution in [0.25, 0.3) is 0 Å². The number of hydrogen-bond donors (Lipinski definition) is 2. The van der Waals surface area contributed by atoms with Crippen molar-refractivity contribution in [3.05, 3.63) is 0 Å². The molecule has 4 nitrogen and oxygen atoms in total. The van der Waals surface area contributed by atoms with Crippen LogP contribution in [0.4, 0.5) is 0 Å². The van der Waals surface area contributed by atoms with Gasteiger partial charge in [-0.3, -0.25) is 4.79 Å². The Morgan fingerprint density at radius 2 is 2.23 bits per heavy atom. The highest BCUT2D eigenvalue weighted by molar-refractivity contribution is 5.66. The molecule has 2 bridgehead atoms. The van der Waals surface area contributed by atoms with Crippen LogP contribution in [0.3, 0.4) is 0 Å². The first-order valence-corrected chi connectivity index (χ1v) is 4.78. The molecule has 2 heterocycles. The van der Waals surface area contributed by atoms with Crippen molar-refractivity contribution in [1.29, 1.82) is 0 Å². The monoisotopic (exact) mass is 185 g/mol.